The number of hydrogen-bond donors (Lipinski definition) is 4. The topological polar surface area (TPSA) is 136 Å². The van der Waals surface area contributed by atoms with Crippen molar-refractivity contribution in [3.8, 4) is 0 Å². The number of aliphatic hydroxyl groups is 1. The number of aromatic nitrogens is 1. The van der Waals surface area contributed by atoms with Gasteiger partial charge in [-0.15, -0.1) is 11.8 Å². The first kappa shape index (κ1) is 32.2. The van der Waals surface area contributed by atoms with Gasteiger partial charge in [0.15, 0.2) is 6.29 Å². The highest BCUT2D eigenvalue weighted by Crippen LogP contribution is 2.39. The van der Waals surface area contributed by atoms with Crippen molar-refractivity contribution in [2.75, 3.05) is 22.1 Å². The van der Waals surface area contributed by atoms with E-state index in [9.17, 15) is 14.7 Å². The lowest BCUT2D eigenvalue weighted by atomic mass is 10.0. The van der Waals surface area contributed by atoms with Crippen molar-refractivity contribution in [3.63, 3.8) is 0 Å². The highest BCUT2D eigenvalue weighted by molar-refractivity contribution is 7.99. The number of carbonyl (C=O) groups excluding carboxylic acids is 2. The van der Waals surface area contributed by atoms with Gasteiger partial charge in [-0.1, -0.05) is 54.6 Å². The van der Waals surface area contributed by atoms with Crippen molar-refractivity contribution < 1.29 is 24.2 Å². The van der Waals surface area contributed by atoms with Crippen molar-refractivity contribution in [2.24, 2.45) is 0 Å². The number of rotatable bonds is 13. The van der Waals surface area contributed by atoms with Crippen molar-refractivity contribution in [1.82, 2.24) is 4.98 Å². The van der Waals surface area contributed by atoms with Crippen molar-refractivity contribution >= 4 is 40.6 Å². The normalized spacial score (nSPS) is 17.8. The summed E-state index contributed by atoms with van der Waals surface area (Å²) in [6, 6.07) is 28.3. The fourth-order valence-corrected chi connectivity index (χ4v) is 5.86. The molecule has 4 aromatic rings. The van der Waals surface area contributed by atoms with Crippen LogP contribution in [-0.4, -0.2) is 33.8 Å². The van der Waals surface area contributed by atoms with Crippen LogP contribution in [0, 0.1) is 0 Å². The first-order valence-electron chi connectivity index (χ1n) is 15.1. The van der Waals surface area contributed by atoms with Gasteiger partial charge in [0.1, 0.15) is 0 Å². The minimum atomic E-state index is -0.585. The van der Waals surface area contributed by atoms with Crippen LogP contribution in [0.2, 0.25) is 0 Å². The Balaban J connectivity index is 1.13. The zero-order valence-electron chi connectivity index (χ0n) is 24.9. The minimum Gasteiger partial charge on any atom is -0.397 e. The lowest BCUT2D eigenvalue weighted by molar-refractivity contribution is -0.245. The molecule has 9 nitrogen and oxygen atoms in total. The Hall–Kier alpha value is -4.22. The maximum atomic E-state index is 12.6. The van der Waals surface area contributed by atoms with Crippen LogP contribution < -0.4 is 16.4 Å². The summed E-state index contributed by atoms with van der Waals surface area (Å²) < 4.78 is 12.8. The first-order valence-corrected chi connectivity index (χ1v) is 16.0. The number of benzene rings is 3. The highest BCUT2D eigenvalue weighted by Gasteiger charge is 2.32. The third-order valence-electron chi connectivity index (χ3n) is 7.43. The summed E-state index contributed by atoms with van der Waals surface area (Å²) >= 11 is 1.65. The molecule has 0 saturated carbocycles. The molecule has 1 aliphatic heterocycles. The van der Waals surface area contributed by atoms with Crippen LogP contribution in [-0.2, 0) is 25.7 Å². The number of nitrogens with zero attached hydrogens (tertiary/aromatic N) is 1. The minimum absolute atomic E-state index is 0.00832. The Morgan fingerprint density at radius 2 is 1.53 bits per heavy atom. The van der Waals surface area contributed by atoms with E-state index in [4.69, 9.17) is 15.2 Å². The zero-order chi connectivity index (χ0) is 31.4. The van der Waals surface area contributed by atoms with E-state index in [0.717, 1.165) is 27.5 Å². The summed E-state index contributed by atoms with van der Waals surface area (Å²) in [7, 11) is 0. The van der Waals surface area contributed by atoms with E-state index in [1.54, 1.807) is 30.1 Å². The van der Waals surface area contributed by atoms with Crippen molar-refractivity contribution in [1.29, 1.82) is 0 Å². The number of carbonyl (C=O) groups is 2. The third-order valence-corrected chi connectivity index (χ3v) is 8.50. The highest BCUT2D eigenvalue weighted by atomic mass is 32.2. The number of unbranched alkanes of at least 4 members (excludes halogenated alkanes) is 1. The Morgan fingerprint density at radius 1 is 0.844 bits per heavy atom. The third kappa shape index (κ3) is 9.63. The van der Waals surface area contributed by atoms with Crippen LogP contribution >= 0.6 is 11.8 Å². The Morgan fingerprint density at radius 3 is 2.22 bits per heavy atom. The maximum Gasteiger partial charge on any atom is 0.224 e. The number of anilines is 3. The summed E-state index contributed by atoms with van der Waals surface area (Å²) in [5, 5.41) is 16.1. The van der Waals surface area contributed by atoms with Crippen LogP contribution in [0.15, 0.2) is 102 Å². The summed E-state index contributed by atoms with van der Waals surface area (Å²) in [6.45, 7) is -0.00832. The Kier molecular flexibility index (Phi) is 11.6. The van der Waals surface area contributed by atoms with Gasteiger partial charge < -0.3 is 30.9 Å². The lowest BCUT2D eigenvalue weighted by Gasteiger charge is -2.36. The van der Waals surface area contributed by atoms with Crippen LogP contribution in [0.4, 0.5) is 17.1 Å². The number of pyridine rings is 1. The molecule has 45 heavy (non-hydrogen) atoms. The Labute approximate surface area is 267 Å². The number of thioether (sulfide) groups is 1. The van der Waals surface area contributed by atoms with E-state index in [1.165, 1.54) is 0 Å². The van der Waals surface area contributed by atoms with Gasteiger partial charge in [-0.2, -0.15) is 0 Å². The molecule has 3 atom stereocenters. The maximum absolute atomic E-state index is 12.6. The van der Waals surface area contributed by atoms with Crippen LogP contribution in [0.5, 0.6) is 0 Å². The molecule has 1 fully saturated rings. The van der Waals surface area contributed by atoms with Gasteiger partial charge in [-0.3, -0.25) is 9.59 Å². The number of hydrogen-bond acceptors (Lipinski definition) is 8. The predicted octanol–water partition coefficient (Wildman–Crippen LogP) is 6.63. The molecule has 0 radical (unpaired) electrons. The standard InChI is InChI=1S/C35H38N4O5S/c36-29-7-1-2-8-30(29)39-33(42)10-4-3-9-32(41)38-27-18-16-26(17-19-27)35-43-28(23-45-34-11-5-6-20-37-34)21-31(44-35)25-14-12-24(22-40)13-15-25/h1-2,5-8,11-20,28,31,35,40H,3-4,9-10,21-23,36H2,(H,38,41)(H,39,42). The van der Waals surface area contributed by atoms with E-state index >= 15 is 0 Å². The molecule has 1 saturated heterocycles. The molecular weight excluding hydrogens is 588 g/mol. The van der Waals surface area contributed by atoms with Gasteiger partial charge in [-0.25, -0.2) is 4.98 Å². The average molecular weight is 627 g/mol. The van der Waals surface area contributed by atoms with E-state index < -0.39 is 6.29 Å². The predicted molar refractivity (Wildman–Crippen MR) is 176 cm³/mol. The molecular formula is C35H38N4O5S. The molecule has 5 N–H and O–H groups in total. The molecule has 1 aromatic heterocycles. The molecule has 0 bridgehead atoms. The van der Waals surface area contributed by atoms with Crippen molar-refractivity contribution in [2.45, 2.75) is 62.2 Å². The summed E-state index contributed by atoms with van der Waals surface area (Å²) in [4.78, 5) is 29.2. The second-order valence-corrected chi connectivity index (χ2v) is 11.9. The quantitative estimate of drug-likeness (QED) is 0.0738. The summed E-state index contributed by atoms with van der Waals surface area (Å²) in [5.74, 6) is 0.481. The average Bonchev–Trinajstić information content (AvgIpc) is 3.07. The van der Waals surface area contributed by atoms with Crippen LogP contribution in [0.1, 0.15) is 61.2 Å². The number of nitrogens with one attached hydrogen (secondary N) is 2. The SMILES string of the molecule is Nc1ccccc1NC(=O)CCCCC(=O)Nc1ccc(C2OC(CSc3ccccn3)CC(c3ccc(CO)cc3)O2)cc1. The van der Waals surface area contributed by atoms with Gasteiger partial charge in [0, 0.05) is 42.5 Å². The molecule has 5 rings (SSSR count). The van der Waals surface area contributed by atoms with Gasteiger partial charge in [-0.05, 0) is 60.4 Å². The molecule has 10 heteroatoms. The second-order valence-electron chi connectivity index (χ2n) is 10.8. The van der Waals surface area contributed by atoms with E-state index in [0.29, 0.717) is 49.2 Å². The number of nitrogen functional groups attached to an aromatic ring is 1. The lowest BCUT2D eigenvalue weighted by Crippen LogP contribution is -2.31. The number of amides is 2. The van der Waals surface area contributed by atoms with Crippen molar-refractivity contribution in [3.05, 3.63) is 114 Å². The number of nitrogens with two attached hydrogens (primary N) is 1. The summed E-state index contributed by atoms with van der Waals surface area (Å²) in [6.07, 6.45) is 3.42. The first-order chi connectivity index (χ1) is 22.0. The Bertz CT molecular complexity index is 1540. The zero-order valence-corrected chi connectivity index (χ0v) is 25.7. The fourth-order valence-electron chi connectivity index (χ4n) is 4.98. The molecule has 0 aliphatic carbocycles. The number of aliphatic hydroxyl groups excluding tert-OH is 1. The number of ether oxygens (including phenoxy) is 2. The van der Waals surface area contributed by atoms with Crippen LogP contribution in [0.3, 0.4) is 0 Å². The molecule has 1 aliphatic rings. The van der Waals surface area contributed by atoms with Gasteiger partial charge in [0.05, 0.1) is 35.2 Å². The molecule has 234 valence electrons. The molecule has 3 unspecified atom stereocenters. The second kappa shape index (κ2) is 16.2. The van der Waals surface area contributed by atoms with Crippen LogP contribution in [0.25, 0.3) is 0 Å². The monoisotopic (exact) mass is 626 g/mol. The molecule has 3 aromatic carbocycles. The number of para-hydroxylation sites is 2. The largest absolute Gasteiger partial charge is 0.397 e. The summed E-state index contributed by atoms with van der Waals surface area (Å²) in [5.41, 5.74) is 10.4. The fraction of sp³-hybridized carbons (Fsp3) is 0.286. The van der Waals surface area contributed by atoms with E-state index in [-0.39, 0.29) is 30.6 Å². The molecule has 2 amide bonds. The van der Waals surface area contributed by atoms with Gasteiger partial charge in [0.2, 0.25) is 11.8 Å². The molecule has 0 spiro atoms. The molecule has 2 heterocycles. The van der Waals surface area contributed by atoms with Gasteiger partial charge in [0.25, 0.3) is 0 Å². The van der Waals surface area contributed by atoms with E-state index in [1.807, 2.05) is 78.9 Å². The van der Waals surface area contributed by atoms with Gasteiger partial charge >= 0.3 is 0 Å². The smallest absolute Gasteiger partial charge is 0.224 e. The van der Waals surface area contributed by atoms with E-state index in [2.05, 4.69) is 15.6 Å².